The molecule has 2 amide bonds. The summed E-state index contributed by atoms with van der Waals surface area (Å²) in [6.07, 6.45) is 1.27. The number of aliphatic hydroxyl groups excluding tert-OH is 1. The van der Waals surface area contributed by atoms with Crippen LogP contribution >= 0.6 is 27.5 Å². The third kappa shape index (κ3) is 5.23. The van der Waals surface area contributed by atoms with Crippen molar-refractivity contribution in [3.63, 3.8) is 0 Å². The summed E-state index contributed by atoms with van der Waals surface area (Å²) in [6, 6.07) is 12.8. The summed E-state index contributed by atoms with van der Waals surface area (Å²) in [5, 5.41) is 15.4. The average Bonchev–Trinajstić information content (AvgIpc) is 2.57. The van der Waals surface area contributed by atoms with Crippen molar-refractivity contribution in [3.8, 4) is 0 Å². The number of benzene rings is 2. The minimum atomic E-state index is -0.317. The molecule has 0 saturated carbocycles. The summed E-state index contributed by atoms with van der Waals surface area (Å²) in [6.45, 7) is 1.99. The van der Waals surface area contributed by atoms with Crippen LogP contribution in [0.1, 0.15) is 30.0 Å². The summed E-state index contributed by atoms with van der Waals surface area (Å²) < 4.78 is 0.770. The number of hydrogen-bond donors (Lipinski definition) is 3. The fraction of sp³-hybridized carbons (Fsp3) is 0.278. The number of amides is 2. The predicted molar refractivity (Wildman–Crippen MR) is 102 cm³/mol. The maximum absolute atomic E-state index is 12.4. The number of urea groups is 1. The molecule has 0 aliphatic heterocycles. The summed E-state index contributed by atoms with van der Waals surface area (Å²) in [7, 11) is 0. The normalized spacial score (nSPS) is 11.8. The van der Waals surface area contributed by atoms with Crippen LogP contribution in [0, 0.1) is 6.92 Å². The predicted octanol–water partition coefficient (Wildman–Crippen LogP) is 5.05. The number of carbonyl (C=O) groups is 1. The van der Waals surface area contributed by atoms with Crippen molar-refractivity contribution in [3.05, 3.63) is 63.1 Å². The molecule has 1 atom stereocenters. The lowest BCUT2D eigenvalue weighted by Gasteiger charge is -2.20. The molecule has 6 heteroatoms. The van der Waals surface area contributed by atoms with Crippen molar-refractivity contribution < 1.29 is 9.90 Å². The smallest absolute Gasteiger partial charge is 0.319 e. The second kappa shape index (κ2) is 9.06. The van der Waals surface area contributed by atoms with Crippen LogP contribution in [0.25, 0.3) is 0 Å². The number of rotatable bonds is 6. The molecule has 2 aromatic rings. The summed E-state index contributed by atoms with van der Waals surface area (Å²) in [5.41, 5.74) is 2.54. The van der Waals surface area contributed by atoms with Gasteiger partial charge >= 0.3 is 6.03 Å². The monoisotopic (exact) mass is 410 g/mol. The molecular formula is C18H20BrClN2O2. The Balaban J connectivity index is 2.09. The molecule has 4 nitrogen and oxygen atoms in total. The molecule has 24 heavy (non-hydrogen) atoms. The zero-order valence-electron chi connectivity index (χ0n) is 13.4. The van der Waals surface area contributed by atoms with Crippen LogP contribution in [-0.2, 0) is 0 Å². The fourth-order valence-corrected chi connectivity index (χ4v) is 3.08. The minimum absolute atomic E-state index is 0.0890. The van der Waals surface area contributed by atoms with Crippen molar-refractivity contribution >= 4 is 39.2 Å². The van der Waals surface area contributed by atoms with Gasteiger partial charge in [-0.25, -0.2) is 4.79 Å². The highest BCUT2D eigenvalue weighted by molar-refractivity contribution is 9.10. The third-order valence-corrected chi connectivity index (χ3v) is 4.72. The van der Waals surface area contributed by atoms with E-state index in [0.29, 0.717) is 23.6 Å². The highest BCUT2D eigenvalue weighted by Gasteiger charge is 2.15. The molecule has 0 unspecified atom stereocenters. The molecule has 2 aromatic carbocycles. The lowest BCUT2D eigenvalue weighted by atomic mass is 10.0. The quantitative estimate of drug-likeness (QED) is 0.623. The zero-order valence-corrected chi connectivity index (χ0v) is 15.7. The Bertz CT molecular complexity index is 695. The van der Waals surface area contributed by atoms with Crippen LogP contribution in [0.3, 0.4) is 0 Å². The lowest BCUT2D eigenvalue weighted by Crippen LogP contribution is -2.32. The molecule has 0 fully saturated rings. The third-order valence-electron chi connectivity index (χ3n) is 3.65. The molecule has 0 aliphatic carbocycles. The first-order valence-corrected chi connectivity index (χ1v) is 8.87. The van der Waals surface area contributed by atoms with Crippen LogP contribution in [-0.4, -0.2) is 17.7 Å². The van der Waals surface area contributed by atoms with Crippen LogP contribution in [0.15, 0.2) is 46.9 Å². The van der Waals surface area contributed by atoms with Crippen molar-refractivity contribution in [1.29, 1.82) is 0 Å². The maximum atomic E-state index is 12.4. The number of aryl methyl sites for hydroxylation is 1. The van der Waals surface area contributed by atoms with Crippen LogP contribution < -0.4 is 10.6 Å². The summed E-state index contributed by atoms with van der Waals surface area (Å²) >= 11 is 9.55. The minimum Gasteiger partial charge on any atom is -0.396 e. The van der Waals surface area contributed by atoms with Crippen molar-refractivity contribution in [1.82, 2.24) is 5.32 Å². The van der Waals surface area contributed by atoms with Gasteiger partial charge in [0.05, 0.1) is 11.7 Å². The Kier molecular flexibility index (Phi) is 7.09. The Morgan fingerprint density at radius 3 is 2.67 bits per heavy atom. The van der Waals surface area contributed by atoms with Gasteiger partial charge in [-0.05, 0) is 59.0 Å². The molecule has 0 radical (unpaired) electrons. The molecule has 0 aliphatic rings. The lowest BCUT2D eigenvalue weighted by molar-refractivity contribution is 0.244. The Morgan fingerprint density at radius 2 is 2.00 bits per heavy atom. The molecule has 0 bridgehead atoms. The summed E-state index contributed by atoms with van der Waals surface area (Å²) in [5.74, 6) is 0. The molecule has 0 aromatic heterocycles. The number of nitrogens with one attached hydrogen (secondary N) is 2. The fourth-order valence-electron chi connectivity index (χ4n) is 2.36. The second-order valence-corrected chi connectivity index (χ2v) is 6.77. The topological polar surface area (TPSA) is 61.4 Å². The highest BCUT2D eigenvalue weighted by atomic mass is 79.9. The first kappa shape index (κ1) is 18.8. The molecular weight excluding hydrogens is 392 g/mol. The first-order valence-electron chi connectivity index (χ1n) is 7.70. The van der Waals surface area contributed by atoms with Gasteiger partial charge in [0.1, 0.15) is 0 Å². The molecule has 128 valence electrons. The van der Waals surface area contributed by atoms with Gasteiger partial charge in [-0.1, -0.05) is 41.9 Å². The maximum Gasteiger partial charge on any atom is 0.319 e. The van der Waals surface area contributed by atoms with Gasteiger partial charge in [-0.2, -0.15) is 0 Å². The largest absolute Gasteiger partial charge is 0.396 e. The van der Waals surface area contributed by atoms with Gasteiger partial charge in [-0.15, -0.1) is 0 Å². The van der Waals surface area contributed by atoms with Crippen molar-refractivity contribution in [2.75, 3.05) is 11.9 Å². The number of aliphatic hydroxyl groups is 1. The molecule has 0 spiro atoms. The molecule has 2 rings (SSSR count). The highest BCUT2D eigenvalue weighted by Crippen LogP contribution is 2.29. The van der Waals surface area contributed by atoms with Gasteiger partial charge in [0, 0.05) is 16.1 Å². The van der Waals surface area contributed by atoms with Crippen LogP contribution in [0.2, 0.25) is 5.02 Å². The summed E-state index contributed by atoms with van der Waals surface area (Å²) in [4.78, 5) is 12.4. The van der Waals surface area contributed by atoms with Gasteiger partial charge in [0.25, 0.3) is 0 Å². The van der Waals surface area contributed by atoms with Gasteiger partial charge in [0.15, 0.2) is 0 Å². The van der Waals surface area contributed by atoms with E-state index < -0.39 is 0 Å². The zero-order chi connectivity index (χ0) is 17.5. The van der Waals surface area contributed by atoms with E-state index in [9.17, 15) is 4.79 Å². The van der Waals surface area contributed by atoms with Gasteiger partial charge in [-0.3, -0.25) is 0 Å². The Hall–Kier alpha value is -1.56. The molecule has 0 saturated heterocycles. The molecule has 0 heterocycles. The van der Waals surface area contributed by atoms with Crippen molar-refractivity contribution in [2.45, 2.75) is 25.8 Å². The van der Waals surface area contributed by atoms with E-state index >= 15 is 0 Å². The van der Waals surface area contributed by atoms with E-state index in [1.807, 2.05) is 43.3 Å². The number of carbonyl (C=O) groups excluding carboxylic acids is 1. The van der Waals surface area contributed by atoms with Gasteiger partial charge in [0.2, 0.25) is 0 Å². The van der Waals surface area contributed by atoms with Crippen LogP contribution in [0.5, 0.6) is 0 Å². The second-order valence-electron chi connectivity index (χ2n) is 5.51. The van der Waals surface area contributed by atoms with E-state index in [0.717, 1.165) is 15.6 Å². The standard InChI is InChI=1S/C18H20BrClN2O2/c1-12-10-14(19)17(11-15(12)20)22-18(24)21-16(8-5-9-23)13-6-3-2-4-7-13/h2-4,6-7,10-11,16,23H,5,8-9H2,1H3,(H2,21,22,24)/t16-/m1/s1. The van der Waals surface area contributed by atoms with Gasteiger partial charge < -0.3 is 15.7 Å². The Morgan fingerprint density at radius 1 is 1.29 bits per heavy atom. The van der Waals surface area contributed by atoms with Crippen LogP contribution in [0.4, 0.5) is 10.5 Å². The Labute approximate surface area is 155 Å². The van der Waals surface area contributed by atoms with E-state index in [2.05, 4.69) is 26.6 Å². The van der Waals surface area contributed by atoms with E-state index in [-0.39, 0.29) is 18.7 Å². The number of hydrogen-bond acceptors (Lipinski definition) is 2. The number of anilines is 1. The van der Waals surface area contributed by atoms with E-state index in [4.69, 9.17) is 16.7 Å². The van der Waals surface area contributed by atoms with Crippen molar-refractivity contribution in [2.24, 2.45) is 0 Å². The average molecular weight is 412 g/mol. The molecule has 3 N–H and O–H groups in total. The number of halogens is 2. The van der Waals surface area contributed by atoms with E-state index in [1.165, 1.54) is 0 Å². The van der Waals surface area contributed by atoms with E-state index in [1.54, 1.807) is 6.07 Å². The first-order chi connectivity index (χ1) is 11.5. The SMILES string of the molecule is Cc1cc(Br)c(NC(=O)N[C@H](CCCO)c2ccccc2)cc1Cl.